The molecular formula is C14H23NOS. The lowest BCUT2D eigenvalue weighted by Crippen LogP contribution is -2.23. The maximum absolute atomic E-state index is 12.1. The third-order valence-electron chi connectivity index (χ3n) is 3.07. The van der Waals surface area contributed by atoms with Crippen molar-refractivity contribution >= 4 is 10.8 Å². The van der Waals surface area contributed by atoms with Crippen molar-refractivity contribution in [2.45, 2.75) is 38.5 Å². The second kappa shape index (κ2) is 6.31. The van der Waals surface area contributed by atoms with Crippen LogP contribution in [0.3, 0.4) is 0 Å². The Morgan fingerprint density at radius 2 is 1.94 bits per heavy atom. The van der Waals surface area contributed by atoms with Crippen LogP contribution in [0.2, 0.25) is 0 Å². The Kier molecular flexibility index (Phi) is 5.34. The lowest BCUT2D eigenvalue weighted by atomic mass is 9.88. The standard InChI is InChI=1S/C14H23NOS/c1-12-7-4-5-8-13(12)17(16)10-6-9-14(2,3)11-15/h4-5,7-8H,6,9-11,15H2,1-3H3. The first-order chi connectivity index (χ1) is 7.96. The zero-order chi connectivity index (χ0) is 12.9. The van der Waals surface area contributed by atoms with Crippen molar-refractivity contribution in [3.8, 4) is 0 Å². The van der Waals surface area contributed by atoms with E-state index in [0.717, 1.165) is 29.1 Å². The highest BCUT2D eigenvalue weighted by Crippen LogP contribution is 2.21. The summed E-state index contributed by atoms with van der Waals surface area (Å²) in [5.74, 6) is 0.730. The van der Waals surface area contributed by atoms with Gasteiger partial charge in [0.1, 0.15) is 0 Å². The topological polar surface area (TPSA) is 43.1 Å². The minimum absolute atomic E-state index is 0.163. The molecule has 0 radical (unpaired) electrons. The molecule has 0 aliphatic rings. The molecule has 0 aliphatic carbocycles. The van der Waals surface area contributed by atoms with E-state index in [0.29, 0.717) is 6.54 Å². The van der Waals surface area contributed by atoms with Crippen LogP contribution in [0.1, 0.15) is 32.3 Å². The number of hydrogen-bond donors (Lipinski definition) is 1. The number of hydrogen-bond acceptors (Lipinski definition) is 2. The largest absolute Gasteiger partial charge is 0.330 e. The molecule has 0 saturated carbocycles. The Morgan fingerprint density at radius 1 is 1.29 bits per heavy atom. The molecule has 0 heterocycles. The summed E-state index contributed by atoms with van der Waals surface area (Å²) in [4.78, 5) is 0.970. The van der Waals surface area contributed by atoms with Crippen molar-refractivity contribution in [3.05, 3.63) is 29.8 Å². The summed E-state index contributed by atoms with van der Waals surface area (Å²) < 4.78 is 12.1. The van der Waals surface area contributed by atoms with Crippen molar-refractivity contribution in [2.24, 2.45) is 11.1 Å². The molecule has 17 heavy (non-hydrogen) atoms. The molecule has 1 rings (SSSR count). The van der Waals surface area contributed by atoms with Gasteiger partial charge in [0.15, 0.2) is 0 Å². The monoisotopic (exact) mass is 253 g/mol. The summed E-state index contributed by atoms with van der Waals surface area (Å²) in [5, 5.41) is 0. The second-order valence-electron chi connectivity index (χ2n) is 5.29. The van der Waals surface area contributed by atoms with Gasteiger partial charge in [-0.05, 0) is 43.4 Å². The zero-order valence-corrected chi connectivity index (χ0v) is 11.8. The average molecular weight is 253 g/mol. The van der Waals surface area contributed by atoms with Gasteiger partial charge in [-0.2, -0.15) is 0 Å². The minimum Gasteiger partial charge on any atom is -0.330 e. The van der Waals surface area contributed by atoms with Crippen molar-refractivity contribution in [1.82, 2.24) is 0 Å². The van der Waals surface area contributed by atoms with Gasteiger partial charge < -0.3 is 5.73 Å². The molecule has 1 atom stereocenters. The van der Waals surface area contributed by atoms with Crippen molar-refractivity contribution in [2.75, 3.05) is 12.3 Å². The quantitative estimate of drug-likeness (QED) is 0.847. The summed E-state index contributed by atoms with van der Waals surface area (Å²) >= 11 is 0. The van der Waals surface area contributed by atoms with Gasteiger partial charge in [-0.1, -0.05) is 32.0 Å². The third-order valence-corrected chi connectivity index (χ3v) is 4.68. The van der Waals surface area contributed by atoms with E-state index in [9.17, 15) is 4.21 Å². The van der Waals surface area contributed by atoms with Gasteiger partial charge in [0.2, 0.25) is 0 Å². The first kappa shape index (κ1) is 14.4. The second-order valence-corrected chi connectivity index (χ2v) is 6.83. The molecule has 0 aliphatic heterocycles. The molecule has 1 aromatic carbocycles. The predicted octanol–water partition coefficient (Wildman–Crippen LogP) is 2.87. The molecule has 2 N–H and O–H groups in total. The van der Waals surface area contributed by atoms with E-state index < -0.39 is 10.8 Å². The normalized spacial score (nSPS) is 13.6. The van der Waals surface area contributed by atoms with Crippen molar-refractivity contribution in [3.63, 3.8) is 0 Å². The summed E-state index contributed by atoms with van der Waals surface area (Å²) in [5.41, 5.74) is 6.96. The molecule has 0 spiro atoms. The molecule has 0 amide bonds. The van der Waals surface area contributed by atoms with Crippen molar-refractivity contribution < 1.29 is 4.21 Å². The minimum atomic E-state index is -0.872. The van der Waals surface area contributed by atoms with Crippen molar-refractivity contribution in [1.29, 1.82) is 0 Å². The molecule has 0 bridgehead atoms. The highest BCUT2D eigenvalue weighted by Gasteiger charge is 2.16. The molecule has 2 nitrogen and oxygen atoms in total. The van der Waals surface area contributed by atoms with Gasteiger partial charge in [-0.3, -0.25) is 4.21 Å². The lowest BCUT2D eigenvalue weighted by Gasteiger charge is -2.21. The van der Waals surface area contributed by atoms with E-state index in [2.05, 4.69) is 13.8 Å². The van der Waals surface area contributed by atoms with Gasteiger partial charge in [0.05, 0.1) is 10.8 Å². The SMILES string of the molecule is Cc1ccccc1S(=O)CCCC(C)(C)CN. The molecule has 1 unspecified atom stereocenters. The summed E-state index contributed by atoms with van der Waals surface area (Å²) in [6.45, 7) is 7.01. The summed E-state index contributed by atoms with van der Waals surface area (Å²) in [6.07, 6.45) is 1.99. The molecule has 96 valence electrons. The van der Waals surface area contributed by atoms with E-state index in [4.69, 9.17) is 5.73 Å². The highest BCUT2D eigenvalue weighted by molar-refractivity contribution is 7.85. The fraction of sp³-hybridized carbons (Fsp3) is 0.571. The number of benzene rings is 1. The Hall–Kier alpha value is -0.670. The first-order valence-corrected chi connectivity index (χ1v) is 7.42. The first-order valence-electron chi connectivity index (χ1n) is 6.10. The lowest BCUT2D eigenvalue weighted by molar-refractivity contribution is 0.344. The number of nitrogens with two attached hydrogens (primary N) is 1. The Labute approximate surface area is 107 Å². The van der Waals surface area contributed by atoms with Crippen LogP contribution in [-0.2, 0) is 10.8 Å². The van der Waals surface area contributed by atoms with Crippen LogP contribution >= 0.6 is 0 Å². The Bertz CT molecular complexity index is 388. The van der Waals surface area contributed by atoms with Crippen LogP contribution < -0.4 is 5.73 Å². The Morgan fingerprint density at radius 3 is 2.53 bits per heavy atom. The number of rotatable bonds is 6. The molecule has 0 aromatic heterocycles. The molecular weight excluding hydrogens is 230 g/mol. The summed E-state index contributed by atoms with van der Waals surface area (Å²) in [7, 11) is -0.872. The van der Waals surface area contributed by atoms with Crippen LogP contribution in [0.4, 0.5) is 0 Å². The van der Waals surface area contributed by atoms with E-state index in [1.165, 1.54) is 0 Å². The van der Waals surface area contributed by atoms with Gasteiger partial charge in [0.25, 0.3) is 0 Å². The molecule has 1 aromatic rings. The number of aryl methyl sites for hydroxylation is 1. The molecule has 0 fully saturated rings. The van der Waals surface area contributed by atoms with Gasteiger partial charge in [-0.15, -0.1) is 0 Å². The van der Waals surface area contributed by atoms with E-state index in [-0.39, 0.29) is 5.41 Å². The Balaban J connectivity index is 2.49. The van der Waals surface area contributed by atoms with Gasteiger partial charge >= 0.3 is 0 Å². The van der Waals surface area contributed by atoms with E-state index >= 15 is 0 Å². The average Bonchev–Trinajstić information content (AvgIpc) is 2.29. The molecule has 3 heteroatoms. The van der Waals surface area contributed by atoms with E-state index in [1.807, 2.05) is 31.2 Å². The maximum atomic E-state index is 12.1. The van der Waals surface area contributed by atoms with Crippen LogP contribution in [0.15, 0.2) is 29.2 Å². The van der Waals surface area contributed by atoms with Gasteiger partial charge in [-0.25, -0.2) is 0 Å². The fourth-order valence-corrected chi connectivity index (χ4v) is 2.99. The van der Waals surface area contributed by atoms with Crippen LogP contribution in [-0.4, -0.2) is 16.5 Å². The van der Waals surface area contributed by atoms with Crippen LogP contribution in [0.25, 0.3) is 0 Å². The predicted molar refractivity (Wildman–Crippen MR) is 74.5 cm³/mol. The zero-order valence-electron chi connectivity index (χ0n) is 11.0. The van der Waals surface area contributed by atoms with Crippen LogP contribution in [0, 0.1) is 12.3 Å². The van der Waals surface area contributed by atoms with Gasteiger partial charge in [0, 0.05) is 10.6 Å². The van der Waals surface area contributed by atoms with Crippen LogP contribution in [0.5, 0.6) is 0 Å². The third kappa shape index (κ3) is 4.60. The fourth-order valence-electron chi connectivity index (χ4n) is 1.71. The smallest absolute Gasteiger partial charge is 0.0532 e. The maximum Gasteiger partial charge on any atom is 0.0532 e. The molecule has 0 saturated heterocycles. The van der Waals surface area contributed by atoms with E-state index in [1.54, 1.807) is 0 Å². The summed E-state index contributed by atoms with van der Waals surface area (Å²) in [6, 6.07) is 7.90. The highest BCUT2D eigenvalue weighted by atomic mass is 32.2.